The number of para-hydroxylation sites is 1. The molecular weight excluding hydrogens is 427 g/mol. The van der Waals surface area contributed by atoms with Gasteiger partial charge in [0.25, 0.3) is 10.0 Å². The largest absolute Gasteiger partial charge is 0.320 e. The van der Waals surface area contributed by atoms with Crippen LogP contribution in [0.2, 0.25) is 5.02 Å². The van der Waals surface area contributed by atoms with Crippen LogP contribution in [0, 0.1) is 12.7 Å². The van der Waals surface area contributed by atoms with Crippen LogP contribution in [0.1, 0.15) is 11.1 Å². The van der Waals surface area contributed by atoms with Crippen molar-refractivity contribution in [2.45, 2.75) is 11.8 Å². The van der Waals surface area contributed by atoms with Gasteiger partial charge in [-0.05, 0) is 60.5 Å². The molecule has 0 atom stereocenters. The molecular formula is C22H18ClFN2O3S. The molecule has 0 heterocycles. The van der Waals surface area contributed by atoms with Crippen LogP contribution in [0.25, 0.3) is 6.08 Å². The highest BCUT2D eigenvalue weighted by Gasteiger charge is 2.15. The minimum atomic E-state index is -3.81. The maximum Gasteiger partial charge on any atom is 0.261 e. The summed E-state index contributed by atoms with van der Waals surface area (Å²) in [6.45, 7) is 1.79. The number of benzene rings is 3. The first-order valence-corrected chi connectivity index (χ1v) is 10.7. The van der Waals surface area contributed by atoms with Gasteiger partial charge in [0.1, 0.15) is 5.82 Å². The number of hydrogen-bond donors (Lipinski definition) is 2. The van der Waals surface area contributed by atoms with Gasteiger partial charge in [0.15, 0.2) is 0 Å². The Morgan fingerprint density at radius 3 is 2.40 bits per heavy atom. The minimum Gasteiger partial charge on any atom is -0.320 e. The second-order valence-corrected chi connectivity index (χ2v) is 8.55. The smallest absolute Gasteiger partial charge is 0.261 e. The van der Waals surface area contributed by atoms with Gasteiger partial charge < -0.3 is 5.32 Å². The van der Waals surface area contributed by atoms with Crippen LogP contribution in [0.3, 0.4) is 0 Å². The second-order valence-electron chi connectivity index (χ2n) is 6.46. The number of amides is 1. The van der Waals surface area contributed by atoms with E-state index in [0.29, 0.717) is 5.56 Å². The van der Waals surface area contributed by atoms with Crippen molar-refractivity contribution in [3.8, 4) is 0 Å². The van der Waals surface area contributed by atoms with Gasteiger partial charge in [-0.1, -0.05) is 41.9 Å². The molecule has 0 aliphatic heterocycles. The molecule has 0 radical (unpaired) electrons. The SMILES string of the molecule is Cc1ccc(F)c(NC(=O)/C=C/c2ccc(S(=O)(=O)Nc3ccccc3Cl)cc2)c1. The molecule has 0 saturated heterocycles. The average Bonchev–Trinajstić information content (AvgIpc) is 2.71. The highest BCUT2D eigenvalue weighted by atomic mass is 35.5. The van der Waals surface area contributed by atoms with Crippen LogP contribution in [-0.2, 0) is 14.8 Å². The van der Waals surface area contributed by atoms with Crippen molar-refractivity contribution >= 4 is 45.0 Å². The Hall–Kier alpha value is -3.16. The molecule has 30 heavy (non-hydrogen) atoms. The maximum absolute atomic E-state index is 13.7. The minimum absolute atomic E-state index is 0.0471. The van der Waals surface area contributed by atoms with Crippen LogP contribution in [-0.4, -0.2) is 14.3 Å². The van der Waals surface area contributed by atoms with E-state index in [0.717, 1.165) is 5.56 Å². The first kappa shape index (κ1) is 21.5. The van der Waals surface area contributed by atoms with E-state index in [4.69, 9.17) is 11.6 Å². The number of carbonyl (C=O) groups is 1. The Balaban J connectivity index is 1.68. The highest BCUT2D eigenvalue weighted by Crippen LogP contribution is 2.24. The van der Waals surface area contributed by atoms with Crippen molar-refractivity contribution in [3.63, 3.8) is 0 Å². The van der Waals surface area contributed by atoms with E-state index in [1.807, 2.05) is 0 Å². The second kappa shape index (κ2) is 9.11. The summed E-state index contributed by atoms with van der Waals surface area (Å²) in [5, 5.41) is 2.76. The molecule has 0 fully saturated rings. The Morgan fingerprint density at radius 2 is 1.70 bits per heavy atom. The van der Waals surface area contributed by atoms with Gasteiger partial charge in [-0.2, -0.15) is 0 Å². The summed E-state index contributed by atoms with van der Waals surface area (Å²) < 4.78 is 41.2. The molecule has 0 saturated carbocycles. The zero-order valence-electron chi connectivity index (χ0n) is 15.9. The lowest BCUT2D eigenvalue weighted by Gasteiger charge is -2.09. The lowest BCUT2D eigenvalue weighted by Crippen LogP contribution is -2.13. The fraction of sp³-hybridized carbons (Fsp3) is 0.0455. The van der Waals surface area contributed by atoms with Crippen molar-refractivity contribution in [2.75, 3.05) is 10.0 Å². The van der Waals surface area contributed by atoms with Crippen molar-refractivity contribution in [1.29, 1.82) is 0 Å². The molecule has 3 rings (SSSR count). The Morgan fingerprint density at radius 1 is 1.00 bits per heavy atom. The van der Waals surface area contributed by atoms with Crippen molar-refractivity contribution < 1.29 is 17.6 Å². The summed E-state index contributed by atoms with van der Waals surface area (Å²) in [7, 11) is -3.81. The number of anilines is 2. The Kier molecular flexibility index (Phi) is 6.54. The number of sulfonamides is 1. The Labute approximate surface area is 179 Å². The zero-order chi connectivity index (χ0) is 21.7. The predicted molar refractivity (Wildman–Crippen MR) is 118 cm³/mol. The van der Waals surface area contributed by atoms with Crippen LogP contribution in [0.15, 0.2) is 77.7 Å². The molecule has 0 spiro atoms. The first-order chi connectivity index (χ1) is 14.2. The number of rotatable bonds is 6. The molecule has 0 unspecified atom stereocenters. The number of aryl methyl sites for hydroxylation is 1. The molecule has 3 aromatic carbocycles. The molecule has 1 amide bonds. The first-order valence-electron chi connectivity index (χ1n) is 8.87. The van der Waals surface area contributed by atoms with E-state index in [1.165, 1.54) is 36.4 Å². The molecule has 8 heteroatoms. The molecule has 0 bridgehead atoms. The van der Waals surface area contributed by atoms with Gasteiger partial charge in [-0.15, -0.1) is 0 Å². The quantitative estimate of drug-likeness (QED) is 0.510. The van der Waals surface area contributed by atoms with Crippen LogP contribution < -0.4 is 10.0 Å². The van der Waals surface area contributed by atoms with E-state index < -0.39 is 21.7 Å². The van der Waals surface area contributed by atoms with Crippen LogP contribution >= 0.6 is 11.6 Å². The van der Waals surface area contributed by atoms with E-state index in [9.17, 15) is 17.6 Å². The maximum atomic E-state index is 13.7. The highest BCUT2D eigenvalue weighted by molar-refractivity contribution is 7.92. The van der Waals surface area contributed by atoms with E-state index in [1.54, 1.807) is 49.4 Å². The molecule has 0 aliphatic carbocycles. The summed E-state index contributed by atoms with van der Waals surface area (Å²) in [4.78, 5) is 12.1. The van der Waals surface area contributed by atoms with Crippen LogP contribution in [0.5, 0.6) is 0 Å². The standard InChI is InChI=1S/C22H18ClFN2O3S/c1-15-6-12-19(24)21(14-15)25-22(27)13-9-16-7-10-17(11-8-16)30(28,29)26-20-5-3-2-4-18(20)23/h2-14,26H,1H3,(H,25,27)/b13-9+. The van der Waals surface area contributed by atoms with E-state index in [-0.39, 0.29) is 21.3 Å². The van der Waals surface area contributed by atoms with Gasteiger partial charge in [0.2, 0.25) is 5.91 Å². The molecule has 154 valence electrons. The van der Waals surface area contributed by atoms with Gasteiger partial charge in [-0.3, -0.25) is 9.52 Å². The third-order valence-corrected chi connectivity index (χ3v) is 5.83. The van der Waals surface area contributed by atoms with E-state index >= 15 is 0 Å². The lowest BCUT2D eigenvalue weighted by molar-refractivity contribution is -0.111. The summed E-state index contributed by atoms with van der Waals surface area (Å²) >= 11 is 5.99. The molecule has 3 aromatic rings. The summed E-state index contributed by atoms with van der Waals surface area (Å²) in [6.07, 6.45) is 2.74. The third kappa shape index (κ3) is 5.46. The molecule has 5 nitrogen and oxygen atoms in total. The Bertz CT molecular complexity index is 1210. The number of carbonyl (C=O) groups excluding carboxylic acids is 1. The number of nitrogens with one attached hydrogen (secondary N) is 2. The topological polar surface area (TPSA) is 75.3 Å². The fourth-order valence-electron chi connectivity index (χ4n) is 2.59. The summed E-state index contributed by atoms with van der Waals surface area (Å²) in [5.74, 6) is -1.03. The summed E-state index contributed by atoms with van der Waals surface area (Å²) in [5.41, 5.74) is 1.80. The van der Waals surface area contributed by atoms with Crippen molar-refractivity contribution in [2.24, 2.45) is 0 Å². The number of halogens is 2. The summed E-state index contributed by atoms with van der Waals surface area (Å²) in [6, 6.07) is 16.9. The van der Waals surface area contributed by atoms with Gasteiger partial charge in [-0.25, -0.2) is 12.8 Å². The van der Waals surface area contributed by atoms with Gasteiger partial charge in [0.05, 0.1) is 21.3 Å². The van der Waals surface area contributed by atoms with Crippen LogP contribution in [0.4, 0.5) is 15.8 Å². The fourth-order valence-corrected chi connectivity index (χ4v) is 3.91. The third-order valence-electron chi connectivity index (χ3n) is 4.12. The normalized spacial score (nSPS) is 11.4. The van der Waals surface area contributed by atoms with E-state index in [2.05, 4.69) is 10.0 Å². The molecule has 2 N–H and O–H groups in total. The monoisotopic (exact) mass is 444 g/mol. The average molecular weight is 445 g/mol. The van der Waals surface area contributed by atoms with Gasteiger partial charge in [0, 0.05) is 6.08 Å². The molecule has 0 aromatic heterocycles. The van der Waals surface area contributed by atoms with Gasteiger partial charge >= 0.3 is 0 Å². The zero-order valence-corrected chi connectivity index (χ0v) is 17.5. The number of hydrogen-bond acceptors (Lipinski definition) is 3. The molecule has 0 aliphatic rings. The predicted octanol–water partition coefficient (Wildman–Crippen LogP) is 5.24. The van der Waals surface area contributed by atoms with Crippen molar-refractivity contribution in [3.05, 3.63) is 94.8 Å². The lowest BCUT2D eigenvalue weighted by atomic mass is 10.2. The van der Waals surface area contributed by atoms with Crippen molar-refractivity contribution in [1.82, 2.24) is 0 Å².